The topological polar surface area (TPSA) is 65.1 Å². The molecule has 160 valence electrons. The summed E-state index contributed by atoms with van der Waals surface area (Å²) in [5.41, 5.74) is 0.963. The fourth-order valence-corrected chi connectivity index (χ4v) is 3.34. The Morgan fingerprint density at radius 3 is 2.33 bits per heavy atom. The lowest BCUT2D eigenvalue weighted by Crippen LogP contribution is -2.34. The molecule has 1 aliphatic heterocycles. The van der Waals surface area contributed by atoms with Gasteiger partial charge >= 0.3 is 5.97 Å². The molecule has 1 fully saturated rings. The summed E-state index contributed by atoms with van der Waals surface area (Å²) in [6, 6.07) is 14.0. The van der Waals surface area contributed by atoms with Gasteiger partial charge < -0.3 is 19.1 Å². The van der Waals surface area contributed by atoms with E-state index in [4.69, 9.17) is 14.2 Å². The van der Waals surface area contributed by atoms with E-state index in [1.165, 1.54) is 7.11 Å². The average molecular weight is 411 g/mol. The number of likely N-dealkylation sites (tertiary alicyclic amines) is 1. The minimum atomic E-state index is -0.973. The first-order valence-electron chi connectivity index (χ1n) is 10.3. The van der Waals surface area contributed by atoms with Crippen LogP contribution in [0.25, 0.3) is 0 Å². The first-order chi connectivity index (χ1) is 14.5. The van der Waals surface area contributed by atoms with Gasteiger partial charge in [0.25, 0.3) is 5.91 Å². The number of carbonyl (C=O) groups excluding carboxylic acids is 2. The number of hydrogen-bond donors (Lipinski definition) is 0. The SMILES string of the molecule is COc1cc(C(=O)O[C@@H](C(=O)N2CCCC2)c2ccccc2)ccc1OCC(C)C. The van der Waals surface area contributed by atoms with Gasteiger partial charge in [-0.25, -0.2) is 4.79 Å². The number of carbonyl (C=O) groups is 2. The van der Waals surface area contributed by atoms with Crippen LogP contribution >= 0.6 is 0 Å². The van der Waals surface area contributed by atoms with Crippen molar-refractivity contribution in [3.8, 4) is 11.5 Å². The van der Waals surface area contributed by atoms with Crippen molar-refractivity contribution >= 4 is 11.9 Å². The quantitative estimate of drug-likeness (QED) is 0.608. The highest BCUT2D eigenvalue weighted by molar-refractivity contribution is 5.93. The third-order valence-corrected chi connectivity index (χ3v) is 4.94. The molecule has 0 radical (unpaired) electrons. The van der Waals surface area contributed by atoms with Crippen LogP contribution in [0.1, 0.15) is 48.7 Å². The number of hydrogen-bond acceptors (Lipinski definition) is 5. The van der Waals surface area contributed by atoms with Gasteiger partial charge in [0.15, 0.2) is 11.5 Å². The lowest BCUT2D eigenvalue weighted by molar-refractivity contribution is -0.140. The van der Waals surface area contributed by atoms with E-state index in [1.807, 2.05) is 18.2 Å². The van der Waals surface area contributed by atoms with Gasteiger partial charge in [0, 0.05) is 18.7 Å². The van der Waals surface area contributed by atoms with Crippen LogP contribution in [0.4, 0.5) is 0 Å². The highest BCUT2D eigenvalue weighted by Crippen LogP contribution is 2.30. The third kappa shape index (κ3) is 5.32. The molecule has 2 aromatic carbocycles. The molecule has 0 aromatic heterocycles. The monoisotopic (exact) mass is 411 g/mol. The third-order valence-electron chi connectivity index (χ3n) is 4.94. The number of nitrogens with zero attached hydrogens (tertiary/aromatic N) is 1. The van der Waals surface area contributed by atoms with E-state index in [0.29, 0.717) is 48.2 Å². The van der Waals surface area contributed by atoms with Gasteiger partial charge in [-0.2, -0.15) is 0 Å². The highest BCUT2D eigenvalue weighted by atomic mass is 16.5. The Bertz CT molecular complexity index is 859. The number of methoxy groups -OCH3 is 1. The molecule has 1 aliphatic rings. The Hall–Kier alpha value is -3.02. The maximum atomic E-state index is 13.0. The van der Waals surface area contributed by atoms with Crippen LogP contribution in [-0.2, 0) is 9.53 Å². The Morgan fingerprint density at radius 1 is 1.00 bits per heavy atom. The molecule has 0 N–H and O–H groups in total. The van der Waals surface area contributed by atoms with E-state index in [1.54, 1.807) is 35.2 Å². The summed E-state index contributed by atoms with van der Waals surface area (Å²) in [6.45, 7) is 6.03. The number of amides is 1. The Kier molecular flexibility index (Phi) is 7.33. The maximum absolute atomic E-state index is 13.0. The standard InChI is InChI=1S/C24H29NO5/c1-17(2)16-29-20-12-11-19(15-21(20)28-3)24(27)30-22(18-9-5-4-6-10-18)23(26)25-13-7-8-14-25/h4-6,9-12,15,17,22H,7-8,13-14,16H2,1-3H3/t22-/m1/s1. The average Bonchev–Trinajstić information content (AvgIpc) is 3.30. The molecule has 6 nitrogen and oxygen atoms in total. The van der Waals surface area contributed by atoms with Crippen LogP contribution < -0.4 is 9.47 Å². The molecule has 0 bridgehead atoms. The van der Waals surface area contributed by atoms with Crippen molar-refractivity contribution in [2.45, 2.75) is 32.8 Å². The molecule has 0 unspecified atom stereocenters. The number of ether oxygens (including phenoxy) is 3. The van der Waals surface area contributed by atoms with E-state index >= 15 is 0 Å². The van der Waals surface area contributed by atoms with Crippen LogP contribution in [0.2, 0.25) is 0 Å². The summed E-state index contributed by atoms with van der Waals surface area (Å²) in [4.78, 5) is 27.7. The molecular formula is C24H29NO5. The number of rotatable bonds is 8. The highest BCUT2D eigenvalue weighted by Gasteiger charge is 2.31. The second-order valence-corrected chi connectivity index (χ2v) is 7.80. The summed E-state index contributed by atoms with van der Waals surface area (Å²) in [6.07, 6.45) is 0.964. The molecule has 0 saturated carbocycles. The summed E-state index contributed by atoms with van der Waals surface area (Å²) in [5, 5.41) is 0. The molecule has 30 heavy (non-hydrogen) atoms. The first kappa shape index (κ1) is 21.7. The minimum absolute atomic E-state index is 0.184. The summed E-state index contributed by atoms with van der Waals surface area (Å²) in [7, 11) is 1.52. The normalized spacial score (nSPS) is 14.5. The van der Waals surface area contributed by atoms with Crippen molar-refractivity contribution in [3.05, 3.63) is 59.7 Å². The van der Waals surface area contributed by atoms with Gasteiger partial charge in [0.05, 0.1) is 19.3 Å². The lowest BCUT2D eigenvalue weighted by atomic mass is 10.1. The van der Waals surface area contributed by atoms with Gasteiger partial charge in [-0.3, -0.25) is 4.79 Å². The molecule has 3 rings (SSSR count). The van der Waals surface area contributed by atoms with E-state index in [0.717, 1.165) is 12.8 Å². The summed E-state index contributed by atoms with van der Waals surface area (Å²) >= 11 is 0. The Morgan fingerprint density at radius 2 is 1.70 bits per heavy atom. The molecule has 0 aliphatic carbocycles. The zero-order chi connectivity index (χ0) is 21.5. The maximum Gasteiger partial charge on any atom is 0.339 e. The summed E-state index contributed by atoms with van der Waals surface area (Å²) < 4.78 is 16.8. The van der Waals surface area contributed by atoms with Gasteiger partial charge in [-0.15, -0.1) is 0 Å². The van der Waals surface area contributed by atoms with E-state index in [2.05, 4.69) is 13.8 Å². The van der Waals surface area contributed by atoms with Crippen molar-refractivity contribution in [3.63, 3.8) is 0 Å². The smallest absolute Gasteiger partial charge is 0.339 e. The predicted molar refractivity (Wildman–Crippen MR) is 114 cm³/mol. The predicted octanol–water partition coefficient (Wildman–Crippen LogP) is 4.25. The van der Waals surface area contributed by atoms with Crippen LogP contribution in [0.3, 0.4) is 0 Å². The first-order valence-corrected chi connectivity index (χ1v) is 10.3. The van der Waals surface area contributed by atoms with Gasteiger partial charge in [-0.05, 0) is 37.0 Å². The Labute approximate surface area is 177 Å². The van der Waals surface area contributed by atoms with Crippen molar-refractivity contribution in [1.29, 1.82) is 0 Å². The molecule has 1 atom stereocenters. The molecule has 1 amide bonds. The van der Waals surface area contributed by atoms with Crippen molar-refractivity contribution in [1.82, 2.24) is 4.90 Å². The van der Waals surface area contributed by atoms with E-state index in [-0.39, 0.29) is 5.91 Å². The van der Waals surface area contributed by atoms with Crippen molar-refractivity contribution in [2.24, 2.45) is 5.92 Å². The Balaban J connectivity index is 1.80. The number of esters is 1. The summed E-state index contributed by atoms with van der Waals surface area (Å²) in [5.74, 6) is 0.617. The second kappa shape index (κ2) is 10.1. The molecular weight excluding hydrogens is 382 g/mol. The zero-order valence-corrected chi connectivity index (χ0v) is 17.8. The minimum Gasteiger partial charge on any atom is -0.493 e. The molecule has 6 heteroatoms. The van der Waals surface area contributed by atoms with Crippen molar-refractivity contribution in [2.75, 3.05) is 26.8 Å². The fraction of sp³-hybridized carbons (Fsp3) is 0.417. The van der Waals surface area contributed by atoms with Crippen molar-refractivity contribution < 1.29 is 23.8 Å². The molecule has 2 aromatic rings. The van der Waals surface area contributed by atoms with Crippen LogP contribution in [-0.4, -0.2) is 43.6 Å². The molecule has 1 heterocycles. The molecule has 1 saturated heterocycles. The van der Waals surface area contributed by atoms with Crippen LogP contribution in [0, 0.1) is 5.92 Å². The van der Waals surface area contributed by atoms with Gasteiger partial charge in [-0.1, -0.05) is 44.2 Å². The second-order valence-electron chi connectivity index (χ2n) is 7.80. The van der Waals surface area contributed by atoms with Crippen LogP contribution in [0.15, 0.2) is 48.5 Å². The number of benzene rings is 2. The zero-order valence-electron chi connectivity index (χ0n) is 17.8. The van der Waals surface area contributed by atoms with Gasteiger partial charge in [0.2, 0.25) is 6.10 Å². The lowest BCUT2D eigenvalue weighted by Gasteiger charge is -2.23. The van der Waals surface area contributed by atoms with E-state index in [9.17, 15) is 9.59 Å². The van der Waals surface area contributed by atoms with Gasteiger partial charge in [0.1, 0.15) is 0 Å². The van der Waals surface area contributed by atoms with E-state index < -0.39 is 12.1 Å². The fourth-order valence-electron chi connectivity index (χ4n) is 3.34. The van der Waals surface area contributed by atoms with Crippen LogP contribution in [0.5, 0.6) is 11.5 Å². The molecule has 0 spiro atoms. The largest absolute Gasteiger partial charge is 0.493 e.